The van der Waals surface area contributed by atoms with Crippen molar-refractivity contribution in [1.29, 1.82) is 0 Å². The molecule has 0 aromatic rings. The summed E-state index contributed by atoms with van der Waals surface area (Å²) >= 11 is 0. The van der Waals surface area contributed by atoms with Crippen molar-refractivity contribution < 1.29 is 10.2 Å². The van der Waals surface area contributed by atoms with Crippen molar-refractivity contribution in [2.24, 2.45) is 0 Å². The molecule has 0 saturated heterocycles. The van der Waals surface area contributed by atoms with Crippen molar-refractivity contribution in [3.63, 3.8) is 0 Å². The van der Waals surface area contributed by atoms with Gasteiger partial charge in [-0.3, -0.25) is 0 Å². The largest absolute Gasteiger partial charge is 2.00 e. The molecule has 0 aliphatic heterocycles. The summed E-state index contributed by atoms with van der Waals surface area (Å²) < 4.78 is 0. The van der Waals surface area contributed by atoms with Gasteiger partial charge in [-0.25, -0.2) is 0 Å². The van der Waals surface area contributed by atoms with Crippen LogP contribution in [0.4, 0.5) is 0 Å². The summed E-state index contributed by atoms with van der Waals surface area (Å²) in [4.78, 5) is 0. The zero-order chi connectivity index (χ0) is 26.6. The van der Waals surface area contributed by atoms with Gasteiger partial charge in [0.15, 0.2) is 0 Å². The minimum atomic E-state index is 0. The number of unbranched alkanes of at least 4 members (excludes halogenated alkanes) is 28. The van der Waals surface area contributed by atoms with Crippen LogP contribution in [0, 0.1) is 0 Å². The van der Waals surface area contributed by atoms with Crippen molar-refractivity contribution in [3.05, 3.63) is 0 Å². The van der Waals surface area contributed by atoms with Crippen LogP contribution in [0.25, 0.3) is 0 Å². The summed E-state index contributed by atoms with van der Waals surface area (Å²) in [5, 5.41) is 20.5. The molecule has 0 rings (SSSR count). The summed E-state index contributed by atoms with van der Waals surface area (Å²) in [7, 11) is 0. The predicted octanol–water partition coefficient (Wildman–Crippen LogP) is 10.1. The van der Waals surface area contributed by atoms with Crippen molar-refractivity contribution in [1.82, 2.24) is 0 Å². The second kappa shape index (κ2) is 44.2. The molecule has 2 nitrogen and oxygen atoms in total. The molecule has 0 fully saturated rings. The maximum atomic E-state index is 10.2. The Balaban J connectivity index is -0.000000608. The van der Waals surface area contributed by atoms with Crippen LogP contribution in [-0.4, -0.2) is 51.0 Å². The van der Waals surface area contributed by atoms with Crippen molar-refractivity contribution in [2.45, 2.75) is 206 Å². The molecule has 3 heteroatoms. The van der Waals surface area contributed by atoms with Crippen LogP contribution in [0.1, 0.15) is 206 Å². The van der Waals surface area contributed by atoms with Crippen LogP contribution in [0.5, 0.6) is 0 Å². The number of rotatable bonds is 30. The van der Waals surface area contributed by atoms with E-state index in [2.05, 4.69) is 13.8 Å². The average Bonchev–Trinajstić information content (AvgIpc) is 2.89. The second-order valence-corrected chi connectivity index (χ2v) is 11.3. The van der Waals surface area contributed by atoms with Gasteiger partial charge in [-0.1, -0.05) is 206 Å². The van der Waals surface area contributed by atoms with Gasteiger partial charge in [0, 0.05) is 0 Å². The molecule has 0 spiro atoms. The minimum Gasteiger partial charge on any atom is -0.854 e. The average molecular weight is 551 g/mol. The molecule has 0 amide bonds. The van der Waals surface area contributed by atoms with Crippen LogP contribution in [0.15, 0.2) is 0 Å². The van der Waals surface area contributed by atoms with Gasteiger partial charge in [-0.2, -0.15) is 0 Å². The molecular formula is C34H70CaO2. The van der Waals surface area contributed by atoms with E-state index in [1.165, 1.54) is 167 Å². The Labute approximate surface area is 265 Å². The third kappa shape index (κ3) is 47.3. The molecule has 0 saturated carbocycles. The summed E-state index contributed by atoms with van der Waals surface area (Å²) in [6, 6.07) is 0. The van der Waals surface area contributed by atoms with E-state index in [4.69, 9.17) is 0 Å². The second-order valence-electron chi connectivity index (χ2n) is 11.3. The van der Waals surface area contributed by atoms with Crippen molar-refractivity contribution >= 4 is 37.7 Å². The Kier molecular flexibility index (Phi) is 51.0. The molecule has 0 N–H and O–H groups in total. The molecule has 0 aliphatic carbocycles. The molecule has 37 heavy (non-hydrogen) atoms. The monoisotopic (exact) mass is 551 g/mol. The molecule has 0 bridgehead atoms. The molecule has 0 aromatic heterocycles. The summed E-state index contributed by atoms with van der Waals surface area (Å²) in [5.41, 5.74) is 0. The van der Waals surface area contributed by atoms with Gasteiger partial charge in [-0.15, -0.1) is 13.2 Å². The Morgan fingerprint density at radius 3 is 0.514 bits per heavy atom. The van der Waals surface area contributed by atoms with Crippen molar-refractivity contribution in [2.75, 3.05) is 13.2 Å². The minimum absolute atomic E-state index is 0. The van der Waals surface area contributed by atoms with Gasteiger partial charge >= 0.3 is 37.7 Å². The maximum absolute atomic E-state index is 10.2. The molecule has 0 aromatic carbocycles. The van der Waals surface area contributed by atoms with Crippen LogP contribution < -0.4 is 10.2 Å². The molecule has 0 radical (unpaired) electrons. The van der Waals surface area contributed by atoms with E-state index in [0.29, 0.717) is 0 Å². The molecule has 0 heterocycles. The van der Waals surface area contributed by atoms with Crippen LogP contribution in [-0.2, 0) is 0 Å². The first-order valence-corrected chi connectivity index (χ1v) is 17.0. The van der Waals surface area contributed by atoms with E-state index in [9.17, 15) is 10.2 Å². The molecular weight excluding hydrogens is 480 g/mol. The van der Waals surface area contributed by atoms with Gasteiger partial charge < -0.3 is 10.2 Å². The van der Waals surface area contributed by atoms with Gasteiger partial charge in [0.2, 0.25) is 0 Å². The Hall–Kier alpha value is 1.18. The quantitative estimate of drug-likeness (QED) is 0.0659. The first kappa shape index (κ1) is 42.6. The first-order valence-electron chi connectivity index (χ1n) is 17.0. The van der Waals surface area contributed by atoms with Crippen LogP contribution in [0.2, 0.25) is 0 Å². The first-order chi connectivity index (χ1) is 17.8. The standard InChI is InChI=1S/2C17H35O.Ca/c2*1-2-3-4-5-6-7-8-9-10-11-12-13-14-15-16-17-18;/h2*2-17H2,1H3;/q2*-1;+2. The molecule has 220 valence electrons. The Morgan fingerprint density at radius 2 is 0.378 bits per heavy atom. The summed E-state index contributed by atoms with van der Waals surface area (Å²) in [6.45, 7) is 4.80. The number of hydrogen-bond acceptors (Lipinski definition) is 2. The molecule has 0 aliphatic rings. The van der Waals surface area contributed by atoms with Crippen LogP contribution in [0.3, 0.4) is 0 Å². The zero-order valence-electron chi connectivity index (χ0n) is 26.2. The third-order valence-corrected chi connectivity index (χ3v) is 7.50. The molecule has 0 atom stereocenters. The Bertz CT molecular complexity index is 274. The van der Waals surface area contributed by atoms with E-state index in [1.54, 1.807) is 0 Å². The van der Waals surface area contributed by atoms with E-state index >= 15 is 0 Å². The van der Waals surface area contributed by atoms with Gasteiger partial charge in [-0.05, 0) is 0 Å². The maximum Gasteiger partial charge on any atom is 2.00 e. The van der Waals surface area contributed by atoms with E-state index < -0.39 is 0 Å². The van der Waals surface area contributed by atoms with Gasteiger partial charge in [0.25, 0.3) is 0 Å². The fourth-order valence-electron chi connectivity index (χ4n) is 4.95. The Morgan fingerprint density at radius 1 is 0.243 bits per heavy atom. The van der Waals surface area contributed by atoms with Gasteiger partial charge in [0.1, 0.15) is 0 Å². The fourth-order valence-corrected chi connectivity index (χ4v) is 4.95. The topological polar surface area (TPSA) is 46.1 Å². The summed E-state index contributed by atoms with van der Waals surface area (Å²) in [6.07, 6.45) is 40.7. The van der Waals surface area contributed by atoms with E-state index in [-0.39, 0.29) is 51.0 Å². The fraction of sp³-hybridized carbons (Fsp3) is 1.00. The third-order valence-electron chi connectivity index (χ3n) is 7.50. The van der Waals surface area contributed by atoms with E-state index in [0.717, 1.165) is 25.7 Å². The number of hydrogen-bond donors (Lipinski definition) is 0. The van der Waals surface area contributed by atoms with Gasteiger partial charge in [0.05, 0.1) is 0 Å². The van der Waals surface area contributed by atoms with Crippen LogP contribution >= 0.6 is 0 Å². The normalized spacial score (nSPS) is 10.7. The van der Waals surface area contributed by atoms with E-state index in [1.807, 2.05) is 0 Å². The summed E-state index contributed by atoms with van der Waals surface area (Å²) in [5.74, 6) is 0. The smallest absolute Gasteiger partial charge is 0.854 e. The van der Waals surface area contributed by atoms with Crippen molar-refractivity contribution in [3.8, 4) is 0 Å². The molecule has 0 unspecified atom stereocenters. The predicted molar refractivity (Wildman–Crippen MR) is 165 cm³/mol. The SMILES string of the molecule is CCCCCCCCCCCCCCCCC[O-].CCCCCCCCCCCCCCCCC[O-].[Ca+2]. The zero-order valence-corrected chi connectivity index (χ0v) is 28.4.